The highest BCUT2D eigenvalue weighted by Gasteiger charge is 2.14. The minimum atomic E-state index is -2.53. The molecule has 5 nitrogen and oxygen atoms in total. The molecule has 0 aromatic rings. The lowest BCUT2D eigenvalue weighted by Crippen LogP contribution is -2.34. The lowest BCUT2D eigenvalue weighted by molar-refractivity contribution is -0.136. The van der Waals surface area contributed by atoms with Gasteiger partial charge in [-0.3, -0.25) is 4.57 Å². The maximum atomic E-state index is 11.5. The van der Waals surface area contributed by atoms with Gasteiger partial charge in [-0.05, 0) is 12.8 Å². The molecule has 1 unspecified atom stereocenters. The fourth-order valence-corrected chi connectivity index (χ4v) is 3.70. The smallest absolute Gasteiger partial charge is 0.330 e. The molecule has 27 heavy (non-hydrogen) atoms. The van der Waals surface area contributed by atoms with E-state index >= 15 is 0 Å². The summed E-state index contributed by atoms with van der Waals surface area (Å²) in [4.78, 5) is 11.2. The summed E-state index contributed by atoms with van der Waals surface area (Å²) in [7, 11) is -2.53. The standard InChI is InChI=1S/C21H42NO4P/c1-2-3-4-5-6-7-8-9-10-11-12-13-14-15-16-17-18-27(25)26-21(24)20(22)19-23/h17-18,20,23,27H,2-16,19,22H2,1H3/t20-/m0/s1. The van der Waals surface area contributed by atoms with Crippen LogP contribution in [0.3, 0.4) is 0 Å². The molecule has 0 heterocycles. The normalized spacial score (nSPS) is 13.7. The lowest BCUT2D eigenvalue weighted by atomic mass is 10.0. The first-order valence-electron chi connectivity index (χ1n) is 10.9. The second kappa shape index (κ2) is 20.1. The summed E-state index contributed by atoms with van der Waals surface area (Å²) in [6, 6.07) is -1.11. The average Bonchev–Trinajstić information content (AvgIpc) is 2.66. The third-order valence-corrected chi connectivity index (χ3v) is 5.59. The summed E-state index contributed by atoms with van der Waals surface area (Å²) in [6.07, 6.45) is 21.3. The van der Waals surface area contributed by atoms with Crippen LogP contribution in [0.15, 0.2) is 11.9 Å². The number of aliphatic hydroxyl groups is 1. The summed E-state index contributed by atoms with van der Waals surface area (Å²) in [5.41, 5.74) is 5.28. The van der Waals surface area contributed by atoms with Gasteiger partial charge in [0.2, 0.25) is 0 Å². The van der Waals surface area contributed by atoms with Crippen LogP contribution in [0.5, 0.6) is 0 Å². The van der Waals surface area contributed by atoms with Crippen molar-refractivity contribution >= 4 is 14.0 Å². The molecule has 0 radical (unpaired) electrons. The van der Waals surface area contributed by atoms with E-state index in [0.29, 0.717) is 0 Å². The van der Waals surface area contributed by atoms with Gasteiger partial charge in [-0.25, -0.2) is 4.79 Å². The Morgan fingerprint density at radius 1 is 0.926 bits per heavy atom. The molecule has 0 spiro atoms. The summed E-state index contributed by atoms with van der Waals surface area (Å²) < 4.78 is 16.2. The van der Waals surface area contributed by atoms with Crippen molar-refractivity contribution in [2.24, 2.45) is 5.73 Å². The third kappa shape index (κ3) is 18.5. The third-order valence-electron chi connectivity index (χ3n) is 4.68. The van der Waals surface area contributed by atoms with Crippen LogP contribution in [0.2, 0.25) is 0 Å². The number of rotatable bonds is 19. The van der Waals surface area contributed by atoms with Gasteiger partial charge in [-0.2, -0.15) is 0 Å². The highest BCUT2D eigenvalue weighted by atomic mass is 31.1. The molecule has 0 aromatic carbocycles. The van der Waals surface area contributed by atoms with Crippen LogP contribution in [-0.2, 0) is 13.9 Å². The van der Waals surface area contributed by atoms with Gasteiger partial charge in [-0.15, -0.1) is 0 Å². The Morgan fingerprint density at radius 2 is 1.37 bits per heavy atom. The zero-order chi connectivity index (χ0) is 20.2. The van der Waals surface area contributed by atoms with E-state index in [-0.39, 0.29) is 0 Å². The van der Waals surface area contributed by atoms with Crippen LogP contribution in [0.4, 0.5) is 0 Å². The van der Waals surface area contributed by atoms with Gasteiger partial charge in [0.15, 0.2) is 0 Å². The Kier molecular flexibility index (Phi) is 19.6. The number of hydrogen-bond donors (Lipinski definition) is 2. The SMILES string of the molecule is CCCCCCCCCCCCCCCCC=C[PH](=O)OC(=O)[C@@H](N)CO. The molecule has 0 aliphatic rings. The minimum Gasteiger partial charge on any atom is -0.410 e. The molecule has 0 amide bonds. The number of hydrogen-bond acceptors (Lipinski definition) is 5. The van der Waals surface area contributed by atoms with Crippen molar-refractivity contribution < 1.29 is 19.0 Å². The molecule has 0 fully saturated rings. The molecular weight excluding hydrogens is 361 g/mol. The molecule has 0 aliphatic carbocycles. The summed E-state index contributed by atoms with van der Waals surface area (Å²) >= 11 is 0. The van der Waals surface area contributed by atoms with Crippen LogP contribution >= 0.6 is 8.03 Å². The minimum absolute atomic E-state index is 0.503. The molecule has 3 N–H and O–H groups in total. The zero-order valence-electron chi connectivity index (χ0n) is 17.3. The van der Waals surface area contributed by atoms with Crippen molar-refractivity contribution in [2.75, 3.05) is 6.61 Å². The molecular formula is C21H42NO4P. The molecule has 6 heteroatoms. The Labute approximate surface area is 167 Å². The molecule has 2 atom stereocenters. The highest BCUT2D eigenvalue weighted by molar-refractivity contribution is 7.43. The second-order valence-corrected chi connectivity index (χ2v) is 8.49. The predicted molar refractivity (Wildman–Crippen MR) is 114 cm³/mol. The quantitative estimate of drug-likeness (QED) is 0.213. The monoisotopic (exact) mass is 403 g/mol. The Bertz CT molecular complexity index is 402. The molecule has 0 aromatic heterocycles. The topological polar surface area (TPSA) is 89.6 Å². The first-order valence-corrected chi connectivity index (χ1v) is 12.3. The largest absolute Gasteiger partial charge is 0.410 e. The summed E-state index contributed by atoms with van der Waals surface area (Å²) in [5.74, 6) is 0.622. The van der Waals surface area contributed by atoms with E-state index in [9.17, 15) is 9.36 Å². The fourth-order valence-electron chi connectivity index (χ4n) is 2.92. The predicted octanol–water partition coefficient (Wildman–Crippen LogP) is 5.71. The van der Waals surface area contributed by atoms with Gasteiger partial charge in [0, 0.05) is 5.82 Å². The van der Waals surface area contributed by atoms with Crippen molar-refractivity contribution in [1.29, 1.82) is 0 Å². The van der Waals surface area contributed by atoms with E-state index in [0.717, 1.165) is 12.8 Å². The zero-order valence-corrected chi connectivity index (χ0v) is 18.3. The molecule has 160 valence electrons. The number of aliphatic hydroxyl groups excluding tert-OH is 1. The summed E-state index contributed by atoms with van der Waals surface area (Å²) in [5, 5.41) is 8.71. The van der Waals surface area contributed by atoms with Crippen molar-refractivity contribution in [2.45, 2.75) is 109 Å². The maximum Gasteiger partial charge on any atom is 0.330 e. The number of carbonyl (C=O) groups is 1. The molecule has 0 rings (SSSR count). The van der Waals surface area contributed by atoms with Crippen LogP contribution in [0.1, 0.15) is 103 Å². The van der Waals surface area contributed by atoms with Crippen molar-refractivity contribution in [1.82, 2.24) is 0 Å². The van der Waals surface area contributed by atoms with E-state index in [2.05, 4.69) is 11.4 Å². The van der Waals surface area contributed by atoms with Gasteiger partial charge in [0.1, 0.15) is 6.04 Å². The lowest BCUT2D eigenvalue weighted by Gasteiger charge is -2.06. The number of carbonyl (C=O) groups excluding carboxylic acids is 1. The van der Waals surface area contributed by atoms with E-state index in [1.807, 2.05) is 0 Å². The van der Waals surface area contributed by atoms with Crippen LogP contribution in [0, 0.1) is 0 Å². The first-order chi connectivity index (χ1) is 13.1. The van der Waals surface area contributed by atoms with Crippen molar-refractivity contribution in [3.63, 3.8) is 0 Å². The van der Waals surface area contributed by atoms with Gasteiger partial charge in [0.25, 0.3) is 8.03 Å². The number of nitrogens with two attached hydrogens (primary N) is 1. The van der Waals surface area contributed by atoms with Gasteiger partial charge in [0.05, 0.1) is 6.61 Å². The summed E-state index contributed by atoms with van der Waals surface area (Å²) in [6.45, 7) is 1.76. The van der Waals surface area contributed by atoms with Crippen molar-refractivity contribution in [3.05, 3.63) is 11.9 Å². The van der Waals surface area contributed by atoms with E-state index in [1.54, 1.807) is 6.08 Å². The van der Waals surface area contributed by atoms with Gasteiger partial charge >= 0.3 is 5.97 Å². The van der Waals surface area contributed by atoms with Crippen LogP contribution < -0.4 is 5.73 Å². The Morgan fingerprint density at radius 3 is 1.81 bits per heavy atom. The molecule has 0 saturated heterocycles. The molecule has 0 saturated carbocycles. The molecule has 0 aliphatic heterocycles. The first kappa shape index (κ1) is 26.4. The van der Waals surface area contributed by atoms with Gasteiger partial charge < -0.3 is 15.4 Å². The second-order valence-electron chi connectivity index (χ2n) is 7.32. The van der Waals surface area contributed by atoms with Crippen molar-refractivity contribution in [3.8, 4) is 0 Å². The van der Waals surface area contributed by atoms with E-state index < -0.39 is 26.6 Å². The number of allylic oxidation sites excluding steroid dienone is 1. The highest BCUT2D eigenvalue weighted by Crippen LogP contribution is 2.25. The average molecular weight is 404 g/mol. The van der Waals surface area contributed by atoms with Crippen LogP contribution in [-0.4, -0.2) is 23.7 Å². The van der Waals surface area contributed by atoms with Crippen LogP contribution in [0.25, 0.3) is 0 Å². The van der Waals surface area contributed by atoms with E-state index in [1.165, 1.54) is 89.3 Å². The van der Waals surface area contributed by atoms with E-state index in [4.69, 9.17) is 10.8 Å². The molecule has 0 bridgehead atoms. The Balaban J connectivity index is 3.33. The Hall–Kier alpha value is -0.640. The van der Waals surface area contributed by atoms with Gasteiger partial charge in [-0.1, -0.05) is 96.5 Å². The fraction of sp³-hybridized carbons (Fsp3) is 0.857. The number of unbranched alkanes of at least 4 members (excludes halogenated alkanes) is 14. The maximum absolute atomic E-state index is 11.5.